The van der Waals surface area contributed by atoms with Crippen LogP contribution in [0.3, 0.4) is 0 Å². The molecule has 0 radical (unpaired) electrons. The second kappa shape index (κ2) is 5.85. The van der Waals surface area contributed by atoms with E-state index in [1.54, 1.807) is 0 Å². The van der Waals surface area contributed by atoms with Crippen molar-refractivity contribution in [2.75, 3.05) is 6.54 Å². The van der Waals surface area contributed by atoms with Crippen LogP contribution < -0.4 is 0 Å². The molecule has 2 rings (SSSR count). The molecule has 0 fully saturated rings. The molecule has 0 N–H and O–H groups in total. The lowest BCUT2D eigenvalue weighted by atomic mass is 10.0. The predicted molar refractivity (Wildman–Crippen MR) is 69.7 cm³/mol. The first-order chi connectivity index (χ1) is 8.31. The van der Waals surface area contributed by atoms with Crippen molar-refractivity contribution >= 4 is 5.91 Å². The van der Waals surface area contributed by atoms with Crippen molar-refractivity contribution in [3.8, 4) is 0 Å². The number of carbonyl (C=O) groups is 1. The number of amides is 1. The number of hydrogen-bond donors (Lipinski definition) is 0. The van der Waals surface area contributed by atoms with Gasteiger partial charge in [0.25, 0.3) is 0 Å². The van der Waals surface area contributed by atoms with E-state index < -0.39 is 0 Å². The Bertz CT molecular complexity index is 386. The van der Waals surface area contributed by atoms with Gasteiger partial charge in [0.05, 0.1) is 0 Å². The van der Waals surface area contributed by atoms with Crippen molar-refractivity contribution in [2.45, 2.75) is 45.6 Å². The van der Waals surface area contributed by atoms with E-state index in [1.807, 2.05) is 4.90 Å². The minimum atomic E-state index is 0.317. The molecule has 1 aliphatic heterocycles. The van der Waals surface area contributed by atoms with Crippen molar-refractivity contribution in [1.29, 1.82) is 0 Å². The topological polar surface area (TPSA) is 20.3 Å². The molecule has 1 amide bonds. The van der Waals surface area contributed by atoms with Crippen LogP contribution in [0.1, 0.15) is 43.7 Å². The number of hydrogen-bond acceptors (Lipinski definition) is 1. The van der Waals surface area contributed by atoms with E-state index in [-0.39, 0.29) is 0 Å². The molecular weight excluding hydrogens is 210 g/mol. The third-order valence-electron chi connectivity index (χ3n) is 3.47. The molecule has 0 saturated carbocycles. The van der Waals surface area contributed by atoms with Crippen molar-refractivity contribution in [2.24, 2.45) is 0 Å². The lowest BCUT2D eigenvalue weighted by Gasteiger charge is -2.20. The zero-order chi connectivity index (χ0) is 12.1. The van der Waals surface area contributed by atoms with Crippen LogP contribution in [-0.2, 0) is 17.8 Å². The fraction of sp³-hybridized carbons (Fsp3) is 0.533. The second-order valence-electron chi connectivity index (χ2n) is 4.79. The number of fused-ring (bicyclic) bond motifs is 1. The number of rotatable bonds is 4. The Balaban J connectivity index is 2.05. The van der Waals surface area contributed by atoms with Gasteiger partial charge in [-0.15, -0.1) is 0 Å². The Hall–Kier alpha value is -1.31. The molecule has 1 aromatic carbocycles. The Morgan fingerprint density at radius 1 is 1.12 bits per heavy atom. The summed E-state index contributed by atoms with van der Waals surface area (Å²) < 4.78 is 0. The summed E-state index contributed by atoms with van der Waals surface area (Å²) >= 11 is 0. The maximum atomic E-state index is 12.0. The molecule has 1 heterocycles. The van der Waals surface area contributed by atoms with E-state index in [0.29, 0.717) is 12.3 Å². The van der Waals surface area contributed by atoms with E-state index in [9.17, 15) is 4.79 Å². The lowest BCUT2D eigenvalue weighted by molar-refractivity contribution is -0.131. The highest BCUT2D eigenvalue weighted by atomic mass is 16.2. The van der Waals surface area contributed by atoms with Crippen LogP contribution in [-0.4, -0.2) is 17.4 Å². The van der Waals surface area contributed by atoms with E-state index >= 15 is 0 Å². The van der Waals surface area contributed by atoms with Crippen LogP contribution in [0.25, 0.3) is 0 Å². The highest BCUT2D eigenvalue weighted by Crippen LogP contribution is 2.19. The molecule has 1 aromatic rings. The van der Waals surface area contributed by atoms with Crippen molar-refractivity contribution < 1.29 is 4.79 Å². The van der Waals surface area contributed by atoms with Gasteiger partial charge in [-0.2, -0.15) is 0 Å². The van der Waals surface area contributed by atoms with Gasteiger partial charge in [0, 0.05) is 19.5 Å². The number of benzene rings is 1. The van der Waals surface area contributed by atoms with Gasteiger partial charge in [-0.3, -0.25) is 4.79 Å². The minimum Gasteiger partial charge on any atom is -0.338 e. The van der Waals surface area contributed by atoms with E-state index in [2.05, 4.69) is 31.2 Å². The van der Waals surface area contributed by atoms with Crippen LogP contribution in [0, 0.1) is 0 Å². The predicted octanol–water partition coefficient (Wildman–Crippen LogP) is 3.15. The maximum Gasteiger partial charge on any atom is 0.223 e. The first kappa shape index (κ1) is 12.2. The molecule has 0 aromatic heterocycles. The summed E-state index contributed by atoms with van der Waals surface area (Å²) in [7, 11) is 0. The Morgan fingerprint density at radius 3 is 2.65 bits per heavy atom. The first-order valence-corrected chi connectivity index (χ1v) is 6.66. The summed E-state index contributed by atoms with van der Waals surface area (Å²) in [6.45, 7) is 3.92. The van der Waals surface area contributed by atoms with Crippen LogP contribution in [0.15, 0.2) is 24.3 Å². The highest BCUT2D eigenvalue weighted by molar-refractivity contribution is 5.77. The summed E-state index contributed by atoms with van der Waals surface area (Å²) in [6, 6.07) is 8.44. The third-order valence-corrected chi connectivity index (χ3v) is 3.47. The van der Waals surface area contributed by atoms with Crippen molar-refractivity contribution in [1.82, 2.24) is 4.90 Å². The third kappa shape index (κ3) is 3.09. The van der Waals surface area contributed by atoms with Gasteiger partial charge in [0.15, 0.2) is 0 Å². The molecule has 92 valence electrons. The summed E-state index contributed by atoms with van der Waals surface area (Å²) in [5.41, 5.74) is 2.67. The maximum absolute atomic E-state index is 12.0. The Kier molecular flexibility index (Phi) is 4.18. The summed E-state index contributed by atoms with van der Waals surface area (Å²) in [5, 5.41) is 0. The highest BCUT2D eigenvalue weighted by Gasteiger charge is 2.19. The minimum absolute atomic E-state index is 0.317. The lowest BCUT2D eigenvalue weighted by Crippen LogP contribution is -2.30. The molecule has 2 heteroatoms. The number of carbonyl (C=O) groups excluding carboxylic acids is 1. The van der Waals surface area contributed by atoms with E-state index in [4.69, 9.17) is 0 Å². The van der Waals surface area contributed by atoms with Crippen molar-refractivity contribution in [3.05, 3.63) is 35.4 Å². The normalized spacial score (nSPS) is 15.6. The van der Waals surface area contributed by atoms with Gasteiger partial charge in [0.2, 0.25) is 5.91 Å². The standard InChI is InChI=1S/C15H21NO/c1-2-3-6-11-16-12-14-8-5-4-7-13(14)9-10-15(16)17/h4-5,7-8H,2-3,6,9-12H2,1H3. The van der Waals surface area contributed by atoms with Crippen molar-refractivity contribution in [3.63, 3.8) is 0 Å². The molecule has 2 nitrogen and oxygen atoms in total. The number of unbranched alkanes of at least 4 members (excludes halogenated alkanes) is 2. The quantitative estimate of drug-likeness (QED) is 0.729. The average Bonchev–Trinajstić information content (AvgIpc) is 2.51. The van der Waals surface area contributed by atoms with Crippen LogP contribution in [0.2, 0.25) is 0 Å². The Labute approximate surface area is 104 Å². The molecule has 0 saturated heterocycles. The Morgan fingerprint density at radius 2 is 1.88 bits per heavy atom. The fourth-order valence-electron chi connectivity index (χ4n) is 2.41. The SMILES string of the molecule is CCCCCN1Cc2ccccc2CCC1=O. The van der Waals surface area contributed by atoms with Gasteiger partial charge in [-0.25, -0.2) is 0 Å². The van der Waals surface area contributed by atoms with Gasteiger partial charge in [-0.05, 0) is 24.0 Å². The van der Waals surface area contributed by atoms with Crippen LogP contribution in [0.4, 0.5) is 0 Å². The number of aryl methyl sites for hydroxylation is 1. The zero-order valence-electron chi connectivity index (χ0n) is 10.6. The van der Waals surface area contributed by atoms with Gasteiger partial charge in [-0.1, -0.05) is 44.0 Å². The van der Waals surface area contributed by atoms with E-state index in [1.165, 1.54) is 24.0 Å². The molecule has 0 aliphatic carbocycles. The first-order valence-electron chi connectivity index (χ1n) is 6.66. The smallest absolute Gasteiger partial charge is 0.223 e. The molecule has 0 unspecified atom stereocenters. The monoisotopic (exact) mass is 231 g/mol. The van der Waals surface area contributed by atoms with Crippen LogP contribution in [0.5, 0.6) is 0 Å². The largest absolute Gasteiger partial charge is 0.338 e. The molecule has 0 spiro atoms. The molecule has 17 heavy (non-hydrogen) atoms. The summed E-state index contributed by atoms with van der Waals surface area (Å²) in [6.07, 6.45) is 5.12. The molecule has 0 atom stereocenters. The van der Waals surface area contributed by atoms with Gasteiger partial charge < -0.3 is 4.90 Å². The molecule has 1 aliphatic rings. The summed E-state index contributed by atoms with van der Waals surface area (Å²) in [4.78, 5) is 14.0. The van der Waals surface area contributed by atoms with Crippen LogP contribution >= 0.6 is 0 Å². The average molecular weight is 231 g/mol. The van der Waals surface area contributed by atoms with Gasteiger partial charge >= 0.3 is 0 Å². The fourth-order valence-corrected chi connectivity index (χ4v) is 2.41. The van der Waals surface area contributed by atoms with E-state index in [0.717, 1.165) is 25.9 Å². The van der Waals surface area contributed by atoms with Gasteiger partial charge in [0.1, 0.15) is 0 Å². The number of nitrogens with zero attached hydrogens (tertiary/aromatic N) is 1. The molecular formula is C15H21NO. The summed E-state index contributed by atoms with van der Waals surface area (Å²) in [5.74, 6) is 0.317. The zero-order valence-corrected chi connectivity index (χ0v) is 10.6. The second-order valence-corrected chi connectivity index (χ2v) is 4.79. The molecule has 0 bridgehead atoms.